The van der Waals surface area contributed by atoms with Crippen molar-refractivity contribution in [3.05, 3.63) is 59.4 Å². The highest BCUT2D eigenvalue weighted by molar-refractivity contribution is 5.92. The third kappa shape index (κ3) is 3.82. The maximum atomic E-state index is 13.5. The molecule has 6 nitrogen and oxygen atoms in total. The molecular weight excluding hydrogens is 416 g/mol. The summed E-state index contributed by atoms with van der Waals surface area (Å²) in [5.41, 5.74) is 1.11. The zero-order valence-corrected chi connectivity index (χ0v) is 17.7. The minimum Gasteiger partial charge on any atom is -0.449 e. The van der Waals surface area contributed by atoms with Gasteiger partial charge in [-0.05, 0) is 56.7 Å². The van der Waals surface area contributed by atoms with Crippen LogP contribution in [0.15, 0.2) is 36.5 Å². The molecule has 0 unspecified atom stereocenters. The fraction of sp³-hybridized carbons (Fsp3) is 0.458. The molecule has 1 amide bonds. The van der Waals surface area contributed by atoms with Gasteiger partial charge in [0, 0.05) is 48.6 Å². The molecule has 2 aliphatic heterocycles. The molecule has 1 aromatic carbocycles. The highest BCUT2D eigenvalue weighted by Gasteiger charge is 2.49. The Hall–Kier alpha value is -3.03. The molecule has 1 aromatic heterocycles. The van der Waals surface area contributed by atoms with E-state index in [2.05, 4.69) is 10.3 Å². The number of ether oxygens (including phenoxy) is 1. The second-order valence-corrected chi connectivity index (χ2v) is 8.96. The first-order valence-electron chi connectivity index (χ1n) is 11.1. The molecular formula is C24H25F2N3O3. The van der Waals surface area contributed by atoms with Crippen LogP contribution in [0.2, 0.25) is 0 Å². The quantitative estimate of drug-likeness (QED) is 0.736. The molecule has 5 rings (SSSR count). The van der Waals surface area contributed by atoms with E-state index < -0.39 is 17.2 Å². The van der Waals surface area contributed by atoms with Crippen LogP contribution in [0.1, 0.15) is 54.6 Å². The van der Waals surface area contributed by atoms with Crippen LogP contribution in [0.5, 0.6) is 0 Å². The third-order valence-electron chi connectivity index (χ3n) is 7.00. The molecule has 1 aliphatic carbocycles. The third-order valence-corrected chi connectivity index (χ3v) is 7.00. The van der Waals surface area contributed by atoms with Crippen molar-refractivity contribution < 1.29 is 23.1 Å². The summed E-state index contributed by atoms with van der Waals surface area (Å²) in [6.45, 7) is 1.25. The van der Waals surface area contributed by atoms with Crippen LogP contribution in [-0.2, 0) is 15.1 Å². The van der Waals surface area contributed by atoms with Gasteiger partial charge >= 0.3 is 5.97 Å². The van der Waals surface area contributed by atoms with Crippen LogP contribution in [0.25, 0.3) is 0 Å². The fourth-order valence-electron chi connectivity index (χ4n) is 5.26. The number of rotatable bonds is 3. The Balaban J connectivity index is 1.14. The van der Waals surface area contributed by atoms with Crippen LogP contribution in [0.3, 0.4) is 0 Å². The molecule has 1 N–H and O–H groups in total. The Bertz CT molecular complexity index is 1020. The Morgan fingerprint density at radius 2 is 1.78 bits per heavy atom. The lowest BCUT2D eigenvalue weighted by atomic mass is 9.75. The molecule has 8 heteroatoms. The first-order chi connectivity index (χ1) is 15.4. The minimum absolute atomic E-state index is 0.0332. The number of benzene rings is 1. The van der Waals surface area contributed by atoms with Crippen molar-refractivity contribution in [3.63, 3.8) is 0 Å². The van der Waals surface area contributed by atoms with Crippen molar-refractivity contribution >= 4 is 17.6 Å². The normalized spacial score (nSPS) is 25.5. The summed E-state index contributed by atoms with van der Waals surface area (Å²) in [7, 11) is 0. The van der Waals surface area contributed by atoms with E-state index in [1.54, 1.807) is 6.20 Å². The van der Waals surface area contributed by atoms with Crippen LogP contribution in [-0.4, -0.2) is 36.0 Å². The summed E-state index contributed by atoms with van der Waals surface area (Å²) in [6, 6.07) is 7.29. The molecule has 3 aliphatic rings. The molecule has 1 spiro atoms. The lowest BCUT2D eigenvalue weighted by molar-refractivity contribution is -0.128. The second-order valence-electron chi connectivity index (χ2n) is 8.96. The lowest BCUT2D eigenvalue weighted by Crippen LogP contribution is -2.47. The van der Waals surface area contributed by atoms with Gasteiger partial charge in [0.25, 0.3) is 0 Å². The summed E-state index contributed by atoms with van der Waals surface area (Å²) in [6.07, 6.45) is 5.55. The average molecular weight is 441 g/mol. The highest BCUT2D eigenvalue weighted by Crippen LogP contribution is 2.47. The Labute approximate surface area is 185 Å². The average Bonchev–Trinajstić information content (AvgIpc) is 3.05. The number of anilines is 1. The maximum Gasteiger partial charge on any atom is 0.358 e. The number of carbonyl (C=O) groups excluding carboxylic acids is 2. The fourth-order valence-corrected chi connectivity index (χ4v) is 5.26. The van der Waals surface area contributed by atoms with Crippen molar-refractivity contribution in [1.82, 2.24) is 10.3 Å². The van der Waals surface area contributed by atoms with E-state index in [4.69, 9.17) is 4.74 Å². The Morgan fingerprint density at radius 3 is 2.47 bits per heavy atom. The molecule has 1 saturated heterocycles. The molecule has 2 fully saturated rings. The summed E-state index contributed by atoms with van der Waals surface area (Å²) in [4.78, 5) is 31.2. The molecule has 2 aromatic rings. The monoisotopic (exact) mass is 441 g/mol. The summed E-state index contributed by atoms with van der Waals surface area (Å²) >= 11 is 0. The highest BCUT2D eigenvalue weighted by atomic mass is 19.1. The van der Waals surface area contributed by atoms with Crippen molar-refractivity contribution in [2.24, 2.45) is 5.92 Å². The van der Waals surface area contributed by atoms with E-state index in [9.17, 15) is 18.4 Å². The van der Waals surface area contributed by atoms with Crippen molar-refractivity contribution in [3.8, 4) is 0 Å². The van der Waals surface area contributed by atoms with Gasteiger partial charge in [-0.15, -0.1) is 0 Å². The van der Waals surface area contributed by atoms with Gasteiger partial charge in [0.15, 0.2) is 5.69 Å². The molecule has 0 bridgehead atoms. The van der Waals surface area contributed by atoms with Gasteiger partial charge in [-0.3, -0.25) is 4.79 Å². The standard InChI is InChI=1S/C24H25F2N3O3/c25-16-12-17(26)14-19(13-16)29-10-5-18(6-11-29)28-22(30)15-3-7-24(8-4-15)20-2-1-9-27-21(20)23(31)32-24/h1-2,9,12-15,18H,3-8,10-11H2,(H,28,30)/t15-,24-. The van der Waals surface area contributed by atoms with Crippen molar-refractivity contribution in [1.29, 1.82) is 0 Å². The van der Waals surface area contributed by atoms with Crippen LogP contribution in [0.4, 0.5) is 14.5 Å². The van der Waals surface area contributed by atoms with E-state index in [1.165, 1.54) is 12.1 Å². The number of nitrogens with one attached hydrogen (secondary N) is 1. The smallest absolute Gasteiger partial charge is 0.358 e. The number of carbonyl (C=O) groups is 2. The molecule has 1 saturated carbocycles. The molecule has 0 radical (unpaired) electrons. The number of halogens is 2. The number of hydrogen-bond donors (Lipinski definition) is 1. The maximum absolute atomic E-state index is 13.5. The van der Waals surface area contributed by atoms with E-state index in [0.29, 0.717) is 50.2 Å². The predicted molar refractivity (Wildman–Crippen MR) is 113 cm³/mol. The van der Waals surface area contributed by atoms with E-state index in [0.717, 1.165) is 24.5 Å². The Kier molecular flexibility index (Phi) is 5.31. The zero-order chi connectivity index (χ0) is 22.3. The topological polar surface area (TPSA) is 71.5 Å². The van der Waals surface area contributed by atoms with Gasteiger partial charge in [0.1, 0.15) is 17.2 Å². The van der Waals surface area contributed by atoms with Crippen molar-refractivity contribution in [2.45, 2.75) is 50.2 Å². The SMILES string of the molecule is O=C1O[C@]2(CC[C@H](C(=O)NC3CCN(c4cc(F)cc(F)c4)CC3)CC2)c2cccnc21. The number of aromatic nitrogens is 1. The van der Waals surface area contributed by atoms with E-state index in [1.807, 2.05) is 17.0 Å². The number of esters is 1. The van der Waals surface area contributed by atoms with Gasteiger partial charge in [0.2, 0.25) is 5.91 Å². The summed E-state index contributed by atoms with van der Waals surface area (Å²) in [5.74, 6) is -1.64. The second kappa shape index (κ2) is 8.15. The van der Waals surface area contributed by atoms with E-state index in [-0.39, 0.29) is 23.8 Å². The van der Waals surface area contributed by atoms with Crippen LogP contribution >= 0.6 is 0 Å². The number of amides is 1. The summed E-state index contributed by atoms with van der Waals surface area (Å²) in [5, 5.41) is 3.16. The first-order valence-corrected chi connectivity index (χ1v) is 11.1. The van der Waals surface area contributed by atoms with Gasteiger partial charge in [-0.2, -0.15) is 0 Å². The molecule has 0 atom stereocenters. The number of pyridine rings is 1. The lowest BCUT2D eigenvalue weighted by Gasteiger charge is -2.37. The van der Waals surface area contributed by atoms with Crippen LogP contribution in [0, 0.1) is 17.6 Å². The van der Waals surface area contributed by atoms with Gasteiger partial charge in [-0.25, -0.2) is 18.6 Å². The number of piperidine rings is 1. The minimum atomic E-state index is -0.650. The van der Waals surface area contributed by atoms with E-state index >= 15 is 0 Å². The zero-order valence-electron chi connectivity index (χ0n) is 17.7. The molecule has 32 heavy (non-hydrogen) atoms. The number of nitrogens with zero attached hydrogens (tertiary/aromatic N) is 2. The number of hydrogen-bond acceptors (Lipinski definition) is 5. The Morgan fingerprint density at radius 1 is 1.09 bits per heavy atom. The number of fused-ring (bicyclic) bond motifs is 2. The molecule has 3 heterocycles. The van der Waals surface area contributed by atoms with Gasteiger partial charge in [-0.1, -0.05) is 6.07 Å². The first kappa shape index (κ1) is 20.8. The largest absolute Gasteiger partial charge is 0.449 e. The van der Waals surface area contributed by atoms with Gasteiger partial charge in [0.05, 0.1) is 0 Å². The summed E-state index contributed by atoms with van der Waals surface area (Å²) < 4.78 is 32.7. The van der Waals surface area contributed by atoms with Gasteiger partial charge < -0.3 is 15.0 Å². The molecule has 168 valence electrons. The predicted octanol–water partition coefficient (Wildman–Crippen LogP) is 3.70. The van der Waals surface area contributed by atoms with Crippen molar-refractivity contribution in [2.75, 3.05) is 18.0 Å². The van der Waals surface area contributed by atoms with Crippen LogP contribution < -0.4 is 10.2 Å².